The minimum atomic E-state index is -5.58. The summed E-state index contributed by atoms with van der Waals surface area (Å²) in [7, 11) is 0. The molecular weight excluding hydrogens is 326 g/mol. The van der Waals surface area contributed by atoms with Crippen LogP contribution in [-0.4, -0.2) is 11.3 Å². The maximum Gasteiger partial charge on any atom is 0.573 e. The van der Waals surface area contributed by atoms with Crippen molar-refractivity contribution in [2.45, 2.75) is 24.8 Å². The van der Waals surface area contributed by atoms with Crippen molar-refractivity contribution in [3.8, 4) is 5.75 Å². The van der Waals surface area contributed by atoms with Crippen LogP contribution in [0.3, 0.4) is 0 Å². The van der Waals surface area contributed by atoms with Crippen LogP contribution >= 0.6 is 11.6 Å². The summed E-state index contributed by atoms with van der Waals surface area (Å²) in [6.07, 6.45) is -14.6. The number of nitrogens with zero attached hydrogens (tertiary/aromatic N) is 1. The van der Waals surface area contributed by atoms with E-state index in [1.54, 1.807) is 0 Å². The molecule has 0 amide bonds. The molecular formula is C9H4ClF8NO. The van der Waals surface area contributed by atoms with E-state index >= 15 is 0 Å². The summed E-state index contributed by atoms with van der Waals surface area (Å²) in [5, 5.41) is 0. The van der Waals surface area contributed by atoms with Gasteiger partial charge in [-0.15, -0.1) is 24.8 Å². The average Bonchev–Trinajstić information content (AvgIpc) is 2.25. The van der Waals surface area contributed by atoms with Crippen LogP contribution in [0, 0.1) is 0 Å². The lowest BCUT2D eigenvalue weighted by molar-refractivity contribution is -0.277. The molecule has 2 nitrogen and oxygen atoms in total. The number of aromatic nitrogens is 1. The Labute approximate surface area is 111 Å². The van der Waals surface area contributed by atoms with Crippen LogP contribution in [0.2, 0.25) is 0 Å². The van der Waals surface area contributed by atoms with Crippen molar-refractivity contribution >= 4 is 11.6 Å². The topological polar surface area (TPSA) is 22.1 Å². The van der Waals surface area contributed by atoms with Crippen LogP contribution < -0.4 is 4.74 Å². The lowest BCUT2D eigenvalue weighted by atomic mass is 10.1. The molecule has 1 aromatic heterocycles. The van der Waals surface area contributed by atoms with Gasteiger partial charge >= 0.3 is 12.5 Å². The molecule has 0 aromatic carbocycles. The monoisotopic (exact) mass is 329 g/mol. The normalized spacial score (nSPS) is 12.9. The van der Waals surface area contributed by atoms with E-state index in [2.05, 4.69) is 9.72 Å². The van der Waals surface area contributed by atoms with Crippen molar-refractivity contribution in [2.24, 2.45) is 0 Å². The third-order valence-corrected chi connectivity index (χ3v) is 2.19. The Kier molecular flexibility index (Phi) is 4.67. The zero-order valence-electron chi connectivity index (χ0n) is 9.12. The largest absolute Gasteiger partial charge is 0.573 e. The SMILES string of the molecule is FC(F)c1nc(CCl)cc(C(F)(F)F)c1OC(F)(F)F. The average molecular weight is 330 g/mol. The Morgan fingerprint density at radius 3 is 2.05 bits per heavy atom. The standard InChI is InChI=1S/C9H4ClF8NO/c10-2-3-1-4(8(13,14)15)6(20-9(16,17)18)5(19-3)7(11)12/h1,7H,2H2. The van der Waals surface area contributed by atoms with Crippen LogP contribution in [0.4, 0.5) is 35.1 Å². The zero-order valence-corrected chi connectivity index (χ0v) is 9.87. The molecule has 1 heterocycles. The number of ether oxygens (including phenoxy) is 1. The predicted molar refractivity (Wildman–Crippen MR) is 50.4 cm³/mol. The summed E-state index contributed by atoms with van der Waals surface area (Å²) < 4.78 is 102. The van der Waals surface area contributed by atoms with E-state index in [1.165, 1.54) is 0 Å². The lowest BCUT2D eigenvalue weighted by Gasteiger charge is -2.18. The molecule has 20 heavy (non-hydrogen) atoms. The first-order valence-corrected chi connectivity index (χ1v) is 5.20. The van der Waals surface area contributed by atoms with Gasteiger partial charge in [0.2, 0.25) is 0 Å². The Bertz CT molecular complexity index is 484. The molecule has 0 atom stereocenters. The van der Waals surface area contributed by atoms with Crippen molar-refractivity contribution in [3.63, 3.8) is 0 Å². The molecule has 0 aliphatic heterocycles. The second-order valence-corrected chi connectivity index (χ2v) is 3.62. The van der Waals surface area contributed by atoms with Gasteiger partial charge in [0.25, 0.3) is 6.43 Å². The Balaban J connectivity index is 3.56. The molecule has 114 valence electrons. The second kappa shape index (κ2) is 5.58. The summed E-state index contributed by atoms with van der Waals surface area (Å²) in [6, 6.07) is 0.125. The highest BCUT2D eigenvalue weighted by atomic mass is 35.5. The Hall–Kier alpha value is -1.32. The highest BCUT2D eigenvalue weighted by Crippen LogP contribution is 2.43. The maximum absolute atomic E-state index is 12.6. The molecule has 0 saturated carbocycles. The van der Waals surface area contributed by atoms with Gasteiger partial charge in [-0.1, -0.05) is 0 Å². The molecule has 1 aromatic rings. The van der Waals surface area contributed by atoms with Gasteiger partial charge in [0.15, 0.2) is 5.75 Å². The molecule has 0 spiro atoms. The number of halogens is 9. The zero-order chi connectivity index (χ0) is 15.7. The Morgan fingerprint density at radius 2 is 1.70 bits per heavy atom. The van der Waals surface area contributed by atoms with E-state index < -0.39 is 47.5 Å². The molecule has 11 heteroatoms. The van der Waals surface area contributed by atoms with Crippen LogP contribution in [0.1, 0.15) is 23.4 Å². The van der Waals surface area contributed by atoms with Crippen molar-refractivity contribution in [2.75, 3.05) is 0 Å². The fraction of sp³-hybridized carbons (Fsp3) is 0.444. The molecule has 0 fully saturated rings. The van der Waals surface area contributed by atoms with Crippen LogP contribution in [0.5, 0.6) is 5.75 Å². The first kappa shape index (κ1) is 16.7. The lowest BCUT2D eigenvalue weighted by Crippen LogP contribution is -2.22. The van der Waals surface area contributed by atoms with Gasteiger partial charge in [-0.05, 0) is 6.07 Å². The summed E-state index contributed by atoms with van der Waals surface area (Å²) in [5.41, 5.74) is -4.44. The summed E-state index contributed by atoms with van der Waals surface area (Å²) >= 11 is 5.17. The number of hydrogen-bond donors (Lipinski definition) is 0. The third kappa shape index (κ3) is 4.09. The van der Waals surface area contributed by atoms with Crippen LogP contribution in [0.25, 0.3) is 0 Å². The maximum atomic E-state index is 12.6. The molecule has 0 unspecified atom stereocenters. The van der Waals surface area contributed by atoms with E-state index in [9.17, 15) is 35.1 Å². The van der Waals surface area contributed by atoms with Crippen molar-refractivity contribution in [3.05, 3.63) is 23.0 Å². The highest BCUT2D eigenvalue weighted by Gasteiger charge is 2.42. The van der Waals surface area contributed by atoms with Gasteiger partial charge in [0, 0.05) is 0 Å². The number of rotatable bonds is 3. The second-order valence-electron chi connectivity index (χ2n) is 3.36. The van der Waals surface area contributed by atoms with Crippen molar-refractivity contribution in [1.82, 2.24) is 4.98 Å². The fourth-order valence-electron chi connectivity index (χ4n) is 1.26. The Morgan fingerprint density at radius 1 is 1.15 bits per heavy atom. The van der Waals surface area contributed by atoms with Gasteiger partial charge in [0.05, 0.1) is 11.6 Å². The van der Waals surface area contributed by atoms with Crippen LogP contribution in [0.15, 0.2) is 6.07 Å². The van der Waals surface area contributed by atoms with E-state index in [4.69, 9.17) is 11.6 Å². The van der Waals surface area contributed by atoms with Crippen molar-refractivity contribution in [1.29, 1.82) is 0 Å². The van der Waals surface area contributed by atoms with Gasteiger partial charge in [0.1, 0.15) is 11.3 Å². The smallest absolute Gasteiger partial charge is 0.403 e. The minimum absolute atomic E-state index is 0.125. The summed E-state index contributed by atoms with van der Waals surface area (Å²) in [5.74, 6) is -2.76. The quantitative estimate of drug-likeness (QED) is 0.593. The van der Waals surface area contributed by atoms with Gasteiger partial charge in [-0.3, -0.25) is 0 Å². The van der Waals surface area contributed by atoms with Gasteiger partial charge in [-0.2, -0.15) is 13.2 Å². The van der Waals surface area contributed by atoms with E-state index in [0.717, 1.165) is 0 Å². The van der Waals surface area contributed by atoms with Gasteiger partial charge in [-0.25, -0.2) is 13.8 Å². The minimum Gasteiger partial charge on any atom is -0.403 e. The number of hydrogen-bond acceptors (Lipinski definition) is 2. The molecule has 0 aliphatic carbocycles. The third-order valence-electron chi connectivity index (χ3n) is 1.92. The van der Waals surface area contributed by atoms with Crippen molar-refractivity contribution < 1.29 is 39.9 Å². The molecule has 0 saturated heterocycles. The number of alkyl halides is 9. The summed E-state index contributed by atoms with van der Waals surface area (Å²) in [6.45, 7) is 0. The molecule has 0 bridgehead atoms. The van der Waals surface area contributed by atoms with E-state index in [1.807, 2.05) is 0 Å². The first-order valence-electron chi connectivity index (χ1n) is 4.66. The summed E-state index contributed by atoms with van der Waals surface area (Å²) in [4.78, 5) is 2.94. The molecule has 0 aliphatic rings. The molecule has 0 N–H and O–H groups in total. The van der Waals surface area contributed by atoms with E-state index in [0.29, 0.717) is 0 Å². The molecule has 0 radical (unpaired) electrons. The number of pyridine rings is 1. The van der Waals surface area contributed by atoms with E-state index in [-0.39, 0.29) is 6.07 Å². The predicted octanol–water partition coefficient (Wildman–Crippen LogP) is 4.68. The fourth-order valence-corrected chi connectivity index (χ4v) is 1.39. The van der Waals surface area contributed by atoms with Crippen LogP contribution in [-0.2, 0) is 12.1 Å². The van der Waals surface area contributed by atoms with Gasteiger partial charge < -0.3 is 4.74 Å². The highest BCUT2D eigenvalue weighted by molar-refractivity contribution is 6.16. The molecule has 1 rings (SSSR count). The first-order chi connectivity index (χ1) is 8.95.